The number of nitrogens with one attached hydrogen (secondary N) is 1. The van der Waals surface area contributed by atoms with Crippen LogP contribution in [0.2, 0.25) is 0 Å². The maximum Gasteiger partial charge on any atom is 0.0464 e. The van der Waals surface area contributed by atoms with E-state index in [0.717, 1.165) is 27.9 Å². The summed E-state index contributed by atoms with van der Waals surface area (Å²) in [6, 6.07) is 54.3. The minimum atomic E-state index is 0.619. The molecule has 0 saturated heterocycles. The molecule has 50 heavy (non-hydrogen) atoms. The van der Waals surface area contributed by atoms with E-state index in [1.807, 2.05) is 24.3 Å². The average Bonchev–Trinajstić information content (AvgIpc) is 3.10. The van der Waals surface area contributed by atoms with Crippen molar-refractivity contribution in [1.82, 2.24) is 0 Å². The summed E-state index contributed by atoms with van der Waals surface area (Å²) in [5, 5.41) is 20.9. The van der Waals surface area contributed by atoms with Crippen molar-refractivity contribution in [2.75, 3.05) is 22.5 Å². The van der Waals surface area contributed by atoms with E-state index >= 15 is 0 Å². The van der Waals surface area contributed by atoms with Gasteiger partial charge in [0.1, 0.15) is 0 Å². The number of rotatable bonds is 3. The third-order valence-corrected chi connectivity index (χ3v) is 10.1. The van der Waals surface area contributed by atoms with Crippen LogP contribution < -0.4 is 22.5 Å². The highest BCUT2D eigenvalue weighted by atomic mass is 14.9. The minimum absolute atomic E-state index is 0.619. The highest BCUT2D eigenvalue weighted by molar-refractivity contribution is 6.18. The summed E-state index contributed by atoms with van der Waals surface area (Å²) >= 11 is 0. The molecule has 0 saturated carbocycles. The Labute approximate surface area is 288 Å². The van der Waals surface area contributed by atoms with E-state index in [1.165, 1.54) is 70.0 Å². The van der Waals surface area contributed by atoms with Crippen LogP contribution in [0, 0.1) is 0 Å². The van der Waals surface area contributed by atoms with E-state index in [1.54, 1.807) is 6.07 Å². The summed E-state index contributed by atoms with van der Waals surface area (Å²) < 4.78 is 0. The highest BCUT2D eigenvalue weighted by Gasteiger charge is 2.11. The second-order valence-electron chi connectivity index (χ2n) is 13.5. The number of fused-ring (bicyclic) bond motifs is 8. The zero-order valence-corrected chi connectivity index (χ0v) is 27.2. The molecule has 10 aromatic carbocycles. The zero-order valence-electron chi connectivity index (χ0n) is 27.2. The van der Waals surface area contributed by atoms with Gasteiger partial charge in [-0.2, -0.15) is 0 Å². The smallest absolute Gasteiger partial charge is 0.0464 e. The normalized spacial score (nSPS) is 11.8. The molecular formula is C46H32N4. The van der Waals surface area contributed by atoms with Gasteiger partial charge in [-0.05, 0) is 184 Å². The van der Waals surface area contributed by atoms with Crippen molar-refractivity contribution < 1.29 is 0 Å². The first-order chi connectivity index (χ1) is 24.4. The van der Waals surface area contributed by atoms with Gasteiger partial charge in [0.2, 0.25) is 0 Å². The van der Waals surface area contributed by atoms with Gasteiger partial charge in [-0.3, -0.25) is 0 Å². The number of hydrogen-bond donors (Lipinski definition) is 4. The van der Waals surface area contributed by atoms with Gasteiger partial charge in [0, 0.05) is 33.8 Å². The molecule has 0 aliphatic rings. The van der Waals surface area contributed by atoms with E-state index in [-0.39, 0.29) is 0 Å². The molecule has 0 fully saturated rings. The fourth-order valence-corrected chi connectivity index (χ4v) is 7.78. The van der Waals surface area contributed by atoms with Gasteiger partial charge >= 0.3 is 0 Å². The molecule has 236 valence electrons. The first-order valence-corrected chi connectivity index (χ1v) is 16.8. The van der Waals surface area contributed by atoms with Crippen molar-refractivity contribution in [2.24, 2.45) is 0 Å². The summed E-state index contributed by atoms with van der Waals surface area (Å²) in [4.78, 5) is 0. The third kappa shape index (κ3) is 4.69. The van der Waals surface area contributed by atoms with Crippen LogP contribution in [0.4, 0.5) is 28.4 Å². The molecule has 0 unspecified atom stereocenters. The number of nitrogen functional groups attached to an aromatic ring is 3. The molecule has 0 spiro atoms. The lowest BCUT2D eigenvalue weighted by Crippen LogP contribution is -1.96. The molecule has 0 atom stereocenters. The van der Waals surface area contributed by atoms with Crippen LogP contribution in [0.25, 0.3) is 86.5 Å². The van der Waals surface area contributed by atoms with Gasteiger partial charge in [-0.15, -0.1) is 0 Å². The van der Waals surface area contributed by atoms with Crippen LogP contribution in [-0.2, 0) is 0 Å². The van der Waals surface area contributed by atoms with Crippen molar-refractivity contribution in [3.05, 3.63) is 152 Å². The zero-order chi connectivity index (χ0) is 33.5. The molecule has 10 aromatic rings. The summed E-state index contributed by atoms with van der Waals surface area (Å²) in [6.07, 6.45) is 0. The highest BCUT2D eigenvalue weighted by Crippen LogP contribution is 2.38. The first-order valence-electron chi connectivity index (χ1n) is 16.8. The molecule has 4 nitrogen and oxygen atoms in total. The second-order valence-corrected chi connectivity index (χ2v) is 13.5. The van der Waals surface area contributed by atoms with Crippen molar-refractivity contribution in [3.63, 3.8) is 0 Å². The van der Waals surface area contributed by atoms with Crippen LogP contribution in [0.3, 0.4) is 0 Å². The SMILES string of the molecule is Nc1cc(N)cc(-c2cc(N)cc(Nc3cccc4cc5cc6ccc7cc8cc9cc%10ccccc%10cc9cc8cc7c6cc5cc34)c2)c1. The van der Waals surface area contributed by atoms with Crippen molar-refractivity contribution in [1.29, 1.82) is 0 Å². The third-order valence-electron chi connectivity index (χ3n) is 10.1. The Bertz CT molecular complexity index is 3030. The second kappa shape index (κ2) is 10.6. The number of anilines is 5. The van der Waals surface area contributed by atoms with E-state index < -0.39 is 0 Å². The van der Waals surface area contributed by atoms with Crippen LogP contribution in [0.1, 0.15) is 0 Å². The lowest BCUT2D eigenvalue weighted by molar-refractivity contribution is 1.55. The first kappa shape index (κ1) is 28.3. The lowest BCUT2D eigenvalue weighted by atomic mass is 9.93. The Balaban J connectivity index is 1.11. The van der Waals surface area contributed by atoms with Gasteiger partial charge in [0.15, 0.2) is 0 Å². The Morgan fingerprint density at radius 3 is 1.32 bits per heavy atom. The van der Waals surface area contributed by atoms with E-state index in [4.69, 9.17) is 17.2 Å². The molecule has 7 N–H and O–H groups in total. The molecule has 0 radical (unpaired) electrons. The quantitative estimate of drug-likeness (QED) is 0.0879. The van der Waals surface area contributed by atoms with E-state index in [2.05, 4.69) is 127 Å². The van der Waals surface area contributed by atoms with Crippen molar-refractivity contribution >= 4 is 104 Å². The Hall–Kier alpha value is -6.78. The molecule has 4 heteroatoms. The standard InChI is InChI=1S/C46H32N4/c47-39-17-36(18-40(48)24-39)37-19-41(49)25-42(20-37)50-46-7-3-6-28-12-33-13-29-8-9-30-14-34-15-31-10-26-4-1-2-5-27(26)11-32(31)16-35(34)21-43(30)44(29)22-38(33)23-45(28)46/h1-25,50H,47-49H2. The van der Waals surface area contributed by atoms with Crippen LogP contribution in [0.15, 0.2) is 152 Å². The van der Waals surface area contributed by atoms with E-state index in [9.17, 15) is 0 Å². The fraction of sp³-hybridized carbons (Fsp3) is 0. The van der Waals surface area contributed by atoms with Gasteiger partial charge in [0.05, 0.1) is 0 Å². The van der Waals surface area contributed by atoms with Crippen LogP contribution in [-0.4, -0.2) is 0 Å². The van der Waals surface area contributed by atoms with Gasteiger partial charge in [-0.25, -0.2) is 0 Å². The number of hydrogen-bond acceptors (Lipinski definition) is 4. The molecule has 0 bridgehead atoms. The van der Waals surface area contributed by atoms with Crippen LogP contribution >= 0.6 is 0 Å². The summed E-state index contributed by atoms with van der Waals surface area (Å²) in [5.41, 5.74) is 24.3. The number of nitrogens with two attached hydrogens (primary N) is 3. The molecule has 10 rings (SSSR count). The average molecular weight is 641 g/mol. The Morgan fingerprint density at radius 1 is 0.300 bits per heavy atom. The predicted octanol–water partition coefficient (Wildman–Crippen LogP) is 11.9. The lowest BCUT2D eigenvalue weighted by Gasteiger charge is -2.14. The van der Waals surface area contributed by atoms with Crippen LogP contribution in [0.5, 0.6) is 0 Å². The Kier molecular flexibility index (Phi) is 6.00. The van der Waals surface area contributed by atoms with Crippen molar-refractivity contribution in [3.8, 4) is 11.1 Å². The van der Waals surface area contributed by atoms with E-state index in [0.29, 0.717) is 17.1 Å². The minimum Gasteiger partial charge on any atom is -0.399 e. The van der Waals surface area contributed by atoms with Gasteiger partial charge in [-0.1, -0.05) is 48.5 Å². The monoisotopic (exact) mass is 640 g/mol. The fourth-order valence-electron chi connectivity index (χ4n) is 7.78. The molecular weight excluding hydrogens is 609 g/mol. The summed E-state index contributed by atoms with van der Waals surface area (Å²) in [7, 11) is 0. The summed E-state index contributed by atoms with van der Waals surface area (Å²) in [6.45, 7) is 0. The molecule has 0 heterocycles. The largest absolute Gasteiger partial charge is 0.399 e. The van der Waals surface area contributed by atoms with Crippen molar-refractivity contribution in [2.45, 2.75) is 0 Å². The van der Waals surface area contributed by atoms with Gasteiger partial charge < -0.3 is 22.5 Å². The van der Waals surface area contributed by atoms with Gasteiger partial charge in [0.25, 0.3) is 0 Å². The molecule has 0 amide bonds. The Morgan fingerprint density at radius 2 is 0.720 bits per heavy atom. The molecule has 0 aliphatic heterocycles. The predicted molar refractivity (Wildman–Crippen MR) is 217 cm³/mol. The summed E-state index contributed by atoms with van der Waals surface area (Å²) in [5.74, 6) is 0. The molecule has 0 aromatic heterocycles. The number of benzene rings is 10. The molecule has 0 aliphatic carbocycles. The maximum atomic E-state index is 6.39. The maximum absolute atomic E-state index is 6.39. The topological polar surface area (TPSA) is 90.1 Å².